The summed E-state index contributed by atoms with van der Waals surface area (Å²) in [4.78, 5) is 12.4. The van der Waals surface area contributed by atoms with Crippen LogP contribution in [-0.2, 0) is 21.4 Å². The molecule has 0 aromatic heterocycles. The third-order valence-corrected chi connectivity index (χ3v) is 6.66. The molecule has 3 rings (SSSR count). The Morgan fingerprint density at radius 3 is 2.25 bits per heavy atom. The molecule has 0 bridgehead atoms. The van der Waals surface area contributed by atoms with Crippen molar-refractivity contribution in [1.82, 2.24) is 9.62 Å². The predicted octanol–water partition coefficient (Wildman–Crippen LogP) is 2.60. The van der Waals surface area contributed by atoms with Gasteiger partial charge in [0.05, 0.1) is 4.90 Å². The fourth-order valence-corrected chi connectivity index (χ4v) is 4.66. The minimum atomic E-state index is -3.40. The summed E-state index contributed by atoms with van der Waals surface area (Å²) in [6, 6.07) is 15.8. The zero-order valence-corrected chi connectivity index (χ0v) is 17.2. The molecule has 1 fully saturated rings. The second kappa shape index (κ2) is 10.0. The van der Waals surface area contributed by atoms with Crippen LogP contribution in [-0.4, -0.2) is 31.7 Å². The summed E-state index contributed by atoms with van der Waals surface area (Å²) in [5.41, 5.74) is 7.83. The van der Waals surface area contributed by atoms with Crippen LogP contribution in [0.5, 0.6) is 0 Å². The number of hydrogen-bond donors (Lipinski definition) is 2. The summed E-state index contributed by atoms with van der Waals surface area (Å²) in [6.07, 6.45) is 2.02. The minimum Gasteiger partial charge on any atom is -0.352 e. The second-order valence-corrected chi connectivity index (χ2v) is 8.69. The van der Waals surface area contributed by atoms with E-state index in [0.29, 0.717) is 24.5 Å². The molecule has 1 aliphatic heterocycles. The number of nitrogens with one attached hydrogen (secondary N) is 1. The molecule has 1 saturated heterocycles. The normalized spacial score (nSPS) is 15.6. The predicted molar refractivity (Wildman–Crippen MR) is 112 cm³/mol. The first kappa shape index (κ1) is 22.4. The van der Waals surface area contributed by atoms with Crippen LogP contribution in [0, 0.1) is 0 Å². The first-order valence-corrected chi connectivity index (χ1v) is 10.6. The van der Waals surface area contributed by atoms with Gasteiger partial charge in [0.25, 0.3) is 0 Å². The van der Waals surface area contributed by atoms with Gasteiger partial charge in [-0.2, -0.15) is 4.31 Å². The lowest BCUT2D eigenvalue weighted by Crippen LogP contribution is -2.28. The number of sulfonamides is 1. The van der Waals surface area contributed by atoms with Crippen molar-refractivity contribution in [2.45, 2.75) is 36.7 Å². The van der Waals surface area contributed by atoms with E-state index >= 15 is 0 Å². The van der Waals surface area contributed by atoms with E-state index in [4.69, 9.17) is 5.73 Å². The number of halogens is 1. The van der Waals surface area contributed by atoms with Gasteiger partial charge in [0.15, 0.2) is 0 Å². The van der Waals surface area contributed by atoms with Crippen LogP contribution in [0.3, 0.4) is 0 Å². The van der Waals surface area contributed by atoms with Crippen LogP contribution < -0.4 is 11.1 Å². The lowest BCUT2D eigenvalue weighted by molar-refractivity contribution is -0.121. The first-order valence-electron chi connectivity index (χ1n) is 9.13. The van der Waals surface area contributed by atoms with E-state index in [1.165, 1.54) is 4.31 Å². The zero-order chi connectivity index (χ0) is 19.3. The van der Waals surface area contributed by atoms with Gasteiger partial charge in [-0.15, -0.1) is 12.4 Å². The number of rotatable bonds is 7. The van der Waals surface area contributed by atoms with Crippen molar-refractivity contribution in [3.05, 3.63) is 65.7 Å². The molecular formula is C20H26ClN3O3S. The Balaban J connectivity index is 0.00000280. The van der Waals surface area contributed by atoms with Crippen molar-refractivity contribution < 1.29 is 13.2 Å². The quantitative estimate of drug-likeness (QED) is 0.715. The number of carbonyl (C=O) groups excluding carboxylic acids is 1. The van der Waals surface area contributed by atoms with E-state index in [1.54, 1.807) is 24.3 Å². The highest BCUT2D eigenvalue weighted by Gasteiger charge is 2.26. The maximum atomic E-state index is 12.5. The molecular weight excluding hydrogens is 398 g/mol. The van der Waals surface area contributed by atoms with E-state index in [0.717, 1.165) is 24.0 Å². The van der Waals surface area contributed by atoms with Gasteiger partial charge in [0, 0.05) is 32.1 Å². The summed E-state index contributed by atoms with van der Waals surface area (Å²) in [5.74, 6) is -0.139. The van der Waals surface area contributed by atoms with Crippen molar-refractivity contribution in [1.29, 1.82) is 0 Å². The van der Waals surface area contributed by atoms with E-state index < -0.39 is 10.0 Å². The fourth-order valence-electron chi connectivity index (χ4n) is 3.15. The Hall–Kier alpha value is -1.93. The number of carbonyl (C=O) groups is 1. The van der Waals surface area contributed by atoms with Gasteiger partial charge in [-0.05, 0) is 36.1 Å². The highest BCUT2D eigenvalue weighted by atomic mass is 35.5. The Morgan fingerprint density at radius 1 is 1.04 bits per heavy atom. The van der Waals surface area contributed by atoms with Crippen LogP contribution in [0.4, 0.5) is 0 Å². The summed E-state index contributed by atoms with van der Waals surface area (Å²) in [5, 5.41) is 2.83. The molecule has 1 unspecified atom stereocenters. The third-order valence-electron chi connectivity index (χ3n) is 4.75. The second-order valence-electron chi connectivity index (χ2n) is 6.75. The molecule has 2 aromatic rings. The van der Waals surface area contributed by atoms with E-state index in [-0.39, 0.29) is 30.8 Å². The van der Waals surface area contributed by atoms with Gasteiger partial charge in [0.1, 0.15) is 0 Å². The smallest absolute Gasteiger partial charge is 0.243 e. The fraction of sp³-hybridized carbons (Fsp3) is 0.350. The van der Waals surface area contributed by atoms with Crippen LogP contribution in [0.1, 0.15) is 36.4 Å². The number of nitrogens with two attached hydrogens (primary N) is 1. The summed E-state index contributed by atoms with van der Waals surface area (Å²) in [7, 11) is -3.40. The van der Waals surface area contributed by atoms with Gasteiger partial charge >= 0.3 is 0 Å². The van der Waals surface area contributed by atoms with Crippen LogP contribution >= 0.6 is 12.4 Å². The summed E-state index contributed by atoms with van der Waals surface area (Å²) < 4.78 is 26.5. The van der Waals surface area contributed by atoms with Gasteiger partial charge in [-0.1, -0.05) is 42.5 Å². The Kier molecular flexibility index (Phi) is 8.00. The molecule has 2 aromatic carbocycles. The Morgan fingerprint density at radius 2 is 1.64 bits per heavy atom. The SMILES string of the molecule is Cl.NC(CC(=O)NCc1ccc(S(=O)(=O)N2CCCC2)cc1)c1ccccc1. The molecule has 152 valence electrons. The lowest BCUT2D eigenvalue weighted by Gasteiger charge is -2.16. The van der Waals surface area contributed by atoms with Crippen LogP contribution in [0.2, 0.25) is 0 Å². The van der Waals surface area contributed by atoms with Gasteiger partial charge < -0.3 is 11.1 Å². The summed E-state index contributed by atoms with van der Waals surface area (Å²) in [6.45, 7) is 1.51. The topological polar surface area (TPSA) is 92.5 Å². The third kappa shape index (κ3) is 5.54. The van der Waals surface area contributed by atoms with Crippen molar-refractivity contribution in [2.24, 2.45) is 5.73 Å². The molecule has 1 amide bonds. The average molecular weight is 424 g/mol. The highest BCUT2D eigenvalue weighted by molar-refractivity contribution is 7.89. The van der Waals surface area contributed by atoms with Gasteiger partial charge in [0.2, 0.25) is 15.9 Å². The molecule has 0 saturated carbocycles. The summed E-state index contributed by atoms with van der Waals surface area (Å²) >= 11 is 0. The Bertz CT molecular complexity index is 867. The van der Waals surface area contributed by atoms with E-state index in [9.17, 15) is 13.2 Å². The van der Waals surface area contributed by atoms with E-state index in [1.807, 2.05) is 30.3 Å². The van der Waals surface area contributed by atoms with Crippen molar-refractivity contribution >= 4 is 28.3 Å². The maximum Gasteiger partial charge on any atom is 0.243 e. The molecule has 28 heavy (non-hydrogen) atoms. The Labute approximate surface area is 172 Å². The lowest BCUT2D eigenvalue weighted by atomic mass is 10.0. The maximum absolute atomic E-state index is 12.5. The number of nitrogens with zero attached hydrogens (tertiary/aromatic N) is 1. The molecule has 0 aliphatic carbocycles. The van der Waals surface area contributed by atoms with Crippen molar-refractivity contribution in [3.63, 3.8) is 0 Å². The van der Waals surface area contributed by atoms with Crippen LogP contribution in [0.15, 0.2) is 59.5 Å². The molecule has 3 N–H and O–H groups in total. The first-order chi connectivity index (χ1) is 13.0. The largest absolute Gasteiger partial charge is 0.352 e. The van der Waals surface area contributed by atoms with Gasteiger partial charge in [-0.3, -0.25) is 4.79 Å². The molecule has 6 nitrogen and oxygen atoms in total. The molecule has 1 atom stereocenters. The van der Waals surface area contributed by atoms with Gasteiger partial charge in [-0.25, -0.2) is 8.42 Å². The number of amides is 1. The van der Waals surface area contributed by atoms with E-state index in [2.05, 4.69) is 5.32 Å². The minimum absolute atomic E-state index is 0. The number of hydrogen-bond acceptors (Lipinski definition) is 4. The molecule has 0 spiro atoms. The molecule has 8 heteroatoms. The number of benzene rings is 2. The molecule has 1 aliphatic rings. The molecule has 0 radical (unpaired) electrons. The monoisotopic (exact) mass is 423 g/mol. The zero-order valence-electron chi connectivity index (χ0n) is 15.6. The highest BCUT2D eigenvalue weighted by Crippen LogP contribution is 2.21. The molecule has 1 heterocycles. The van der Waals surface area contributed by atoms with Crippen LogP contribution in [0.25, 0.3) is 0 Å². The van der Waals surface area contributed by atoms with Crippen molar-refractivity contribution in [3.8, 4) is 0 Å². The standard InChI is InChI=1S/C20H25N3O3S.ClH/c21-19(17-6-2-1-3-7-17)14-20(24)22-15-16-8-10-18(11-9-16)27(25,26)23-12-4-5-13-23;/h1-3,6-11,19H,4-5,12-15,21H2,(H,22,24);1H. The average Bonchev–Trinajstić information content (AvgIpc) is 3.23. The van der Waals surface area contributed by atoms with Crippen molar-refractivity contribution in [2.75, 3.05) is 13.1 Å².